The average molecular weight is 488 g/mol. The highest BCUT2D eigenvalue weighted by Crippen LogP contribution is 2.30. The Labute approximate surface area is 211 Å². The normalized spacial score (nSPS) is 17.0. The van der Waals surface area contributed by atoms with Crippen LogP contribution in [0.3, 0.4) is 0 Å². The van der Waals surface area contributed by atoms with Gasteiger partial charge in [0.05, 0.1) is 25.0 Å². The Hall–Kier alpha value is -3.45. The number of fused-ring (bicyclic) bond motifs is 1. The predicted molar refractivity (Wildman–Crippen MR) is 137 cm³/mol. The summed E-state index contributed by atoms with van der Waals surface area (Å²) in [7, 11) is 0. The van der Waals surface area contributed by atoms with Gasteiger partial charge < -0.3 is 14.8 Å². The third-order valence-corrected chi connectivity index (χ3v) is 6.53. The summed E-state index contributed by atoms with van der Waals surface area (Å²) in [6.07, 6.45) is 7.13. The molecule has 2 aliphatic carbocycles. The van der Waals surface area contributed by atoms with Crippen LogP contribution in [0.1, 0.15) is 55.2 Å². The zero-order chi connectivity index (χ0) is 25.3. The van der Waals surface area contributed by atoms with Crippen LogP contribution in [-0.2, 0) is 17.6 Å². The van der Waals surface area contributed by atoms with Gasteiger partial charge in [0, 0.05) is 12.2 Å². The lowest BCUT2D eigenvalue weighted by Crippen LogP contribution is -2.34. The molecule has 0 spiro atoms. The quantitative estimate of drug-likeness (QED) is 0.447. The van der Waals surface area contributed by atoms with Crippen molar-refractivity contribution >= 4 is 11.9 Å². The number of nitrogens with one attached hydrogen (secondary N) is 1. The Bertz CT molecular complexity index is 1250. The second-order valence-corrected chi connectivity index (χ2v) is 10.8. The molecule has 3 aromatic rings. The summed E-state index contributed by atoms with van der Waals surface area (Å²) < 4.78 is 12.8. The SMILES string of the molecule is CC(C)(C)OC(=O)n1cccc1-c1ccc2c(c1)CC(NCC(=O)c1ccc(OCC3CC3)cn1)C2. The minimum Gasteiger partial charge on any atom is -0.492 e. The molecule has 1 aromatic carbocycles. The third-order valence-electron chi connectivity index (χ3n) is 6.53. The zero-order valence-electron chi connectivity index (χ0n) is 21.1. The Balaban J connectivity index is 1.17. The van der Waals surface area contributed by atoms with E-state index >= 15 is 0 Å². The van der Waals surface area contributed by atoms with E-state index in [1.54, 1.807) is 23.0 Å². The van der Waals surface area contributed by atoms with Crippen LogP contribution in [0, 0.1) is 5.92 Å². The summed E-state index contributed by atoms with van der Waals surface area (Å²) >= 11 is 0. The molecule has 0 saturated heterocycles. The lowest BCUT2D eigenvalue weighted by atomic mass is 10.0. The largest absolute Gasteiger partial charge is 0.492 e. The highest BCUT2D eigenvalue weighted by atomic mass is 16.6. The molecule has 0 amide bonds. The smallest absolute Gasteiger partial charge is 0.418 e. The van der Waals surface area contributed by atoms with Crippen LogP contribution < -0.4 is 10.1 Å². The van der Waals surface area contributed by atoms with Gasteiger partial charge in [-0.05, 0) is 99.4 Å². The number of hydrogen-bond acceptors (Lipinski definition) is 6. The van der Waals surface area contributed by atoms with E-state index < -0.39 is 11.7 Å². The number of ketones is 1. The molecule has 1 fully saturated rings. The fourth-order valence-electron chi connectivity index (χ4n) is 4.47. The van der Waals surface area contributed by atoms with Crippen molar-refractivity contribution in [3.05, 3.63) is 71.7 Å². The molecule has 1 unspecified atom stereocenters. The third kappa shape index (κ3) is 5.85. The minimum absolute atomic E-state index is 0.0319. The summed E-state index contributed by atoms with van der Waals surface area (Å²) in [5.74, 6) is 1.36. The number of benzene rings is 1. The molecule has 0 radical (unpaired) electrons. The summed E-state index contributed by atoms with van der Waals surface area (Å²) in [6.45, 7) is 6.54. The summed E-state index contributed by atoms with van der Waals surface area (Å²) in [4.78, 5) is 29.6. The van der Waals surface area contributed by atoms with Crippen molar-refractivity contribution in [2.75, 3.05) is 13.2 Å². The number of hydrogen-bond donors (Lipinski definition) is 1. The lowest BCUT2D eigenvalue weighted by molar-refractivity contribution is 0.0540. The highest BCUT2D eigenvalue weighted by molar-refractivity contribution is 5.95. The molecule has 1 atom stereocenters. The second kappa shape index (κ2) is 9.90. The van der Waals surface area contributed by atoms with Gasteiger partial charge in [-0.15, -0.1) is 0 Å². The number of carbonyl (C=O) groups is 2. The Morgan fingerprint density at radius 2 is 1.89 bits per heavy atom. The fraction of sp³-hybridized carbons (Fsp3) is 0.414. The topological polar surface area (TPSA) is 82.5 Å². The maximum absolute atomic E-state index is 12.7. The first-order chi connectivity index (χ1) is 17.2. The zero-order valence-corrected chi connectivity index (χ0v) is 21.1. The molecule has 0 aliphatic heterocycles. The molecule has 188 valence electrons. The number of rotatable bonds is 8. The van der Waals surface area contributed by atoms with E-state index in [4.69, 9.17) is 9.47 Å². The Kier molecular flexibility index (Phi) is 6.67. The van der Waals surface area contributed by atoms with Crippen LogP contribution >= 0.6 is 0 Å². The average Bonchev–Trinajstić information content (AvgIpc) is 3.37. The summed E-state index contributed by atoms with van der Waals surface area (Å²) in [5.41, 5.74) is 4.14. The van der Waals surface area contributed by atoms with Crippen molar-refractivity contribution in [1.82, 2.24) is 14.9 Å². The summed E-state index contributed by atoms with van der Waals surface area (Å²) in [5, 5.41) is 3.40. The second-order valence-electron chi connectivity index (χ2n) is 10.8. The van der Waals surface area contributed by atoms with E-state index in [1.807, 2.05) is 45.0 Å². The minimum atomic E-state index is -0.561. The standard InChI is InChI=1S/C29H33N3O4/c1-29(2,3)36-28(34)32-12-4-5-26(32)21-9-8-20-14-23(15-22(20)13-21)30-17-27(33)25-11-10-24(16-31-25)35-18-19-6-7-19/h4-5,8-13,16,19,23,30H,6-7,14-15,17-18H2,1-3H3. The van der Waals surface area contributed by atoms with Gasteiger partial charge in [-0.2, -0.15) is 0 Å². The molecular formula is C29H33N3O4. The van der Waals surface area contributed by atoms with Crippen molar-refractivity contribution in [1.29, 1.82) is 0 Å². The van der Waals surface area contributed by atoms with Gasteiger partial charge in [0.25, 0.3) is 0 Å². The molecule has 2 aliphatic rings. The first-order valence-corrected chi connectivity index (χ1v) is 12.6. The first kappa shape index (κ1) is 24.3. The first-order valence-electron chi connectivity index (χ1n) is 12.6. The number of aromatic nitrogens is 2. The van der Waals surface area contributed by atoms with Crippen LogP contribution in [0.2, 0.25) is 0 Å². The molecule has 5 rings (SSSR count). The number of nitrogens with zero attached hydrogens (tertiary/aromatic N) is 2. The number of carbonyl (C=O) groups excluding carboxylic acids is 2. The molecule has 0 bridgehead atoms. The maximum atomic E-state index is 12.7. The van der Waals surface area contributed by atoms with E-state index in [0.29, 0.717) is 17.4 Å². The van der Waals surface area contributed by atoms with Gasteiger partial charge in [-0.25, -0.2) is 9.78 Å². The van der Waals surface area contributed by atoms with Crippen LogP contribution in [0.25, 0.3) is 11.3 Å². The van der Waals surface area contributed by atoms with Crippen LogP contribution in [0.4, 0.5) is 4.79 Å². The molecule has 36 heavy (non-hydrogen) atoms. The van der Waals surface area contributed by atoms with Gasteiger partial charge >= 0.3 is 6.09 Å². The van der Waals surface area contributed by atoms with Crippen molar-refractivity contribution < 1.29 is 19.1 Å². The van der Waals surface area contributed by atoms with Gasteiger partial charge in [0.1, 0.15) is 17.0 Å². The van der Waals surface area contributed by atoms with Gasteiger partial charge in [-0.1, -0.05) is 12.1 Å². The molecule has 2 aromatic heterocycles. The van der Waals surface area contributed by atoms with Crippen molar-refractivity contribution in [2.24, 2.45) is 5.92 Å². The van der Waals surface area contributed by atoms with E-state index in [-0.39, 0.29) is 18.4 Å². The van der Waals surface area contributed by atoms with Crippen molar-refractivity contribution in [3.8, 4) is 17.0 Å². The molecular weight excluding hydrogens is 454 g/mol. The predicted octanol–water partition coefficient (Wildman–Crippen LogP) is 5.06. The molecule has 1 saturated carbocycles. The number of pyridine rings is 1. The maximum Gasteiger partial charge on any atom is 0.418 e. The fourth-order valence-corrected chi connectivity index (χ4v) is 4.47. The Morgan fingerprint density at radius 1 is 1.08 bits per heavy atom. The monoisotopic (exact) mass is 487 g/mol. The van der Waals surface area contributed by atoms with E-state index in [0.717, 1.165) is 30.7 Å². The Morgan fingerprint density at radius 3 is 2.61 bits per heavy atom. The summed E-state index contributed by atoms with van der Waals surface area (Å²) in [6, 6.07) is 13.8. The van der Waals surface area contributed by atoms with Crippen LogP contribution in [-0.4, -0.2) is 46.2 Å². The van der Waals surface area contributed by atoms with Gasteiger partial charge in [0.15, 0.2) is 5.78 Å². The van der Waals surface area contributed by atoms with Crippen molar-refractivity contribution in [3.63, 3.8) is 0 Å². The van der Waals surface area contributed by atoms with E-state index in [1.165, 1.54) is 24.0 Å². The van der Waals surface area contributed by atoms with Crippen LogP contribution in [0.5, 0.6) is 5.75 Å². The lowest BCUT2D eigenvalue weighted by Gasteiger charge is -2.20. The molecule has 1 N–H and O–H groups in total. The van der Waals surface area contributed by atoms with Crippen LogP contribution in [0.15, 0.2) is 54.9 Å². The molecule has 7 heteroatoms. The highest BCUT2D eigenvalue weighted by Gasteiger charge is 2.25. The number of Topliss-reactive ketones (excluding diaryl/α,β-unsaturated/α-hetero) is 1. The van der Waals surface area contributed by atoms with Gasteiger partial charge in [-0.3, -0.25) is 9.36 Å². The van der Waals surface area contributed by atoms with E-state index in [9.17, 15) is 9.59 Å². The van der Waals surface area contributed by atoms with E-state index in [2.05, 4.69) is 22.4 Å². The van der Waals surface area contributed by atoms with Gasteiger partial charge in [0.2, 0.25) is 0 Å². The molecule has 2 heterocycles. The van der Waals surface area contributed by atoms with Crippen molar-refractivity contribution in [2.45, 2.75) is 58.1 Å². The number of ether oxygens (including phenoxy) is 2. The molecule has 7 nitrogen and oxygen atoms in total.